The lowest BCUT2D eigenvalue weighted by Crippen LogP contribution is -2.40. The molecule has 1 aromatic heterocycles. The Hall–Kier alpha value is -1.74. The van der Waals surface area contributed by atoms with Crippen molar-refractivity contribution in [2.45, 2.75) is 31.2 Å². The minimum absolute atomic E-state index is 0.0218. The zero-order chi connectivity index (χ0) is 18.8. The maximum absolute atomic E-state index is 12.4. The van der Waals surface area contributed by atoms with Crippen molar-refractivity contribution >= 4 is 44.8 Å². The smallest absolute Gasteiger partial charge is 0.277 e. The first-order chi connectivity index (χ1) is 11.5. The predicted molar refractivity (Wildman–Crippen MR) is 96.5 cm³/mol. The molecule has 1 aromatic carbocycles. The normalized spacial score (nSPS) is 12.0. The molecule has 134 valence electrons. The number of nitrogens with zero attached hydrogens (tertiary/aromatic N) is 2. The highest BCUT2D eigenvalue weighted by Gasteiger charge is 2.22. The van der Waals surface area contributed by atoms with Crippen molar-refractivity contribution in [1.82, 2.24) is 14.7 Å². The Bertz CT molecular complexity index is 911. The second-order valence-electron chi connectivity index (χ2n) is 6.17. The van der Waals surface area contributed by atoms with Crippen molar-refractivity contribution in [2.75, 3.05) is 5.32 Å². The zero-order valence-corrected chi connectivity index (χ0v) is 16.0. The molecule has 0 radical (unpaired) electrons. The highest BCUT2D eigenvalue weighted by molar-refractivity contribution is 7.89. The van der Waals surface area contributed by atoms with Crippen LogP contribution in [0.1, 0.15) is 31.3 Å². The monoisotopic (exact) mass is 402 g/mol. The van der Waals surface area contributed by atoms with Crippen LogP contribution in [0.2, 0.25) is 10.3 Å². The van der Waals surface area contributed by atoms with Gasteiger partial charge in [0.2, 0.25) is 10.0 Å². The van der Waals surface area contributed by atoms with Crippen LogP contribution in [0.25, 0.3) is 0 Å². The van der Waals surface area contributed by atoms with Gasteiger partial charge in [0.25, 0.3) is 5.91 Å². The van der Waals surface area contributed by atoms with Crippen LogP contribution in [-0.4, -0.2) is 29.8 Å². The number of sulfonamides is 1. The molecule has 0 aliphatic rings. The van der Waals surface area contributed by atoms with E-state index >= 15 is 0 Å². The number of nitrogens with one attached hydrogen (secondary N) is 2. The van der Waals surface area contributed by atoms with E-state index in [1.807, 2.05) is 0 Å². The Kier molecular flexibility index (Phi) is 5.68. The average Bonchev–Trinajstić information content (AvgIpc) is 2.44. The predicted octanol–water partition coefficient (Wildman–Crippen LogP) is 3.11. The first-order valence-electron chi connectivity index (χ1n) is 7.11. The summed E-state index contributed by atoms with van der Waals surface area (Å²) in [5, 5.41) is 2.44. The minimum Gasteiger partial charge on any atom is -0.321 e. The molecular weight excluding hydrogens is 387 g/mol. The van der Waals surface area contributed by atoms with Crippen molar-refractivity contribution in [3.63, 3.8) is 0 Å². The summed E-state index contributed by atoms with van der Waals surface area (Å²) in [5.74, 6) is -0.632. The quantitative estimate of drug-likeness (QED) is 0.817. The molecule has 2 N–H and O–H groups in total. The van der Waals surface area contributed by atoms with E-state index in [1.165, 1.54) is 24.4 Å². The minimum atomic E-state index is -3.73. The van der Waals surface area contributed by atoms with Gasteiger partial charge in [-0.05, 0) is 39.0 Å². The second-order valence-corrected chi connectivity index (χ2v) is 8.60. The van der Waals surface area contributed by atoms with Crippen LogP contribution in [0.5, 0.6) is 0 Å². The van der Waals surface area contributed by atoms with Gasteiger partial charge in [-0.1, -0.05) is 29.3 Å². The molecule has 1 heterocycles. The lowest BCUT2D eigenvalue weighted by atomic mass is 10.1. The molecule has 1 amide bonds. The molecule has 2 aromatic rings. The van der Waals surface area contributed by atoms with Gasteiger partial charge in [-0.3, -0.25) is 4.79 Å². The van der Waals surface area contributed by atoms with Gasteiger partial charge >= 0.3 is 0 Å². The molecule has 0 bridgehead atoms. The largest absolute Gasteiger partial charge is 0.321 e. The summed E-state index contributed by atoms with van der Waals surface area (Å²) in [6, 6.07) is 5.83. The van der Waals surface area contributed by atoms with Gasteiger partial charge < -0.3 is 5.32 Å². The Morgan fingerprint density at radius 3 is 2.48 bits per heavy atom. The summed E-state index contributed by atoms with van der Waals surface area (Å²) >= 11 is 11.5. The third kappa shape index (κ3) is 5.37. The van der Waals surface area contributed by atoms with E-state index in [0.29, 0.717) is 0 Å². The fraction of sp³-hybridized carbons (Fsp3) is 0.267. The third-order valence-corrected chi connectivity index (χ3v) is 4.96. The van der Waals surface area contributed by atoms with E-state index < -0.39 is 21.5 Å². The number of hydrogen-bond acceptors (Lipinski definition) is 5. The molecule has 2 rings (SSSR count). The molecule has 0 unspecified atom stereocenters. The van der Waals surface area contributed by atoms with Crippen molar-refractivity contribution < 1.29 is 13.2 Å². The molecule has 10 heteroatoms. The van der Waals surface area contributed by atoms with Crippen LogP contribution < -0.4 is 10.0 Å². The number of rotatable bonds is 4. The SMILES string of the molecule is CC(C)(C)NS(=O)(=O)c1cccc(NC(=O)c2ncc(Cl)nc2Cl)c1. The average molecular weight is 403 g/mol. The molecule has 0 fully saturated rings. The van der Waals surface area contributed by atoms with E-state index in [1.54, 1.807) is 26.8 Å². The highest BCUT2D eigenvalue weighted by atomic mass is 35.5. The van der Waals surface area contributed by atoms with Gasteiger partial charge in [0.05, 0.1) is 11.1 Å². The van der Waals surface area contributed by atoms with Crippen molar-refractivity contribution in [3.8, 4) is 0 Å². The molecule has 0 spiro atoms. The lowest BCUT2D eigenvalue weighted by molar-refractivity contribution is 0.102. The summed E-state index contributed by atoms with van der Waals surface area (Å²) in [5.41, 5.74) is -0.480. The Morgan fingerprint density at radius 1 is 1.20 bits per heavy atom. The summed E-state index contributed by atoms with van der Waals surface area (Å²) < 4.78 is 27.3. The number of carbonyl (C=O) groups excluding carboxylic acids is 1. The van der Waals surface area contributed by atoms with Crippen molar-refractivity contribution in [2.24, 2.45) is 0 Å². The van der Waals surface area contributed by atoms with Gasteiger partial charge in [0.1, 0.15) is 5.15 Å². The lowest BCUT2D eigenvalue weighted by Gasteiger charge is -2.20. The number of anilines is 1. The van der Waals surface area contributed by atoms with Crippen LogP contribution in [0.3, 0.4) is 0 Å². The fourth-order valence-corrected chi connectivity index (χ4v) is 3.76. The number of aromatic nitrogens is 2. The molecule has 0 saturated carbocycles. The highest BCUT2D eigenvalue weighted by Crippen LogP contribution is 2.19. The van der Waals surface area contributed by atoms with E-state index in [0.717, 1.165) is 0 Å². The Balaban J connectivity index is 2.26. The summed E-state index contributed by atoms with van der Waals surface area (Å²) in [4.78, 5) is 19.8. The van der Waals surface area contributed by atoms with Gasteiger partial charge in [0.15, 0.2) is 10.8 Å². The molecule has 25 heavy (non-hydrogen) atoms. The third-order valence-electron chi connectivity index (χ3n) is 2.76. The Morgan fingerprint density at radius 2 is 1.88 bits per heavy atom. The van der Waals surface area contributed by atoms with Crippen LogP contribution >= 0.6 is 23.2 Å². The van der Waals surface area contributed by atoms with Gasteiger partial charge in [-0.2, -0.15) is 0 Å². The molecule has 0 atom stereocenters. The van der Waals surface area contributed by atoms with Gasteiger partial charge in [0, 0.05) is 11.2 Å². The summed E-state index contributed by atoms with van der Waals surface area (Å²) in [6.45, 7) is 5.20. The summed E-state index contributed by atoms with van der Waals surface area (Å²) in [6.07, 6.45) is 1.19. The van der Waals surface area contributed by atoms with Gasteiger partial charge in [-0.15, -0.1) is 0 Å². The zero-order valence-electron chi connectivity index (χ0n) is 13.7. The van der Waals surface area contributed by atoms with E-state index in [9.17, 15) is 13.2 Å². The molecule has 0 aliphatic carbocycles. The first-order valence-corrected chi connectivity index (χ1v) is 9.35. The van der Waals surface area contributed by atoms with Gasteiger partial charge in [-0.25, -0.2) is 23.1 Å². The first kappa shape index (κ1) is 19.6. The topological polar surface area (TPSA) is 101 Å². The van der Waals surface area contributed by atoms with Crippen LogP contribution in [-0.2, 0) is 10.0 Å². The van der Waals surface area contributed by atoms with Crippen LogP contribution in [0.15, 0.2) is 35.4 Å². The molecule has 0 saturated heterocycles. The second kappa shape index (κ2) is 7.25. The van der Waals surface area contributed by atoms with Crippen LogP contribution in [0, 0.1) is 0 Å². The standard InChI is InChI=1S/C15H16Cl2N4O3S/c1-15(2,3)21-25(23,24)10-6-4-5-9(7-10)19-14(22)12-13(17)20-11(16)8-18-12/h4-8,21H,1-3H3,(H,19,22). The van der Waals surface area contributed by atoms with Crippen LogP contribution in [0.4, 0.5) is 5.69 Å². The Labute approximate surface area is 155 Å². The number of halogens is 2. The van der Waals surface area contributed by atoms with Crippen molar-refractivity contribution in [3.05, 3.63) is 46.5 Å². The number of hydrogen-bond donors (Lipinski definition) is 2. The van der Waals surface area contributed by atoms with E-state index in [-0.39, 0.29) is 26.6 Å². The van der Waals surface area contributed by atoms with Crippen molar-refractivity contribution in [1.29, 1.82) is 0 Å². The van der Waals surface area contributed by atoms with E-state index in [4.69, 9.17) is 23.2 Å². The molecule has 7 nitrogen and oxygen atoms in total. The number of benzene rings is 1. The van der Waals surface area contributed by atoms with E-state index in [2.05, 4.69) is 20.0 Å². The molecule has 0 aliphatic heterocycles. The maximum Gasteiger partial charge on any atom is 0.277 e. The number of carbonyl (C=O) groups is 1. The summed E-state index contributed by atoms with van der Waals surface area (Å²) in [7, 11) is -3.73. The fourth-order valence-electron chi connectivity index (χ4n) is 1.89. The molecular formula is C15H16Cl2N4O3S. The number of amides is 1. The maximum atomic E-state index is 12.4.